The van der Waals surface area contributed by atoms with Gasteiger partial charge < -0.3 is 20.3 Å². The second kappa shape index (κ2) is 9.59. The van der Waals surface area contributed by atoms with Crippen molar-refractivity contribution in [3.8, 4) is 5.75 Å². The van der Waals surface area contributed by atoms with Crippen LogP contribution in [0.2, 0.25) is 5.02 Å². The minimum atomic E-state index is -4.85. The van der Waals surface area contributed by atoms with Crippen molar-refractivity contribution in [2.24, 2.45) is 0 Å². The molecule has 31 heavy (non-hydrogen) atoms. The van der Waals surface area contributed by atoms with Crippen molar-refractivity contribution in [2.45, 2.75) is 44.1 Å². The van der Waals surface area contributed by atoms with E-state index in [0.29, 0.717) is 5.95 Å². The standard InChI is InChI=1S/C20H23ClF3N5O2/c1-29(2)17-9-10-25-19(28-17)27-14-6-4-13(5-7-14)26-18(30)12-3-8-16(15(21)11-12)31-20(22,23)24/h3,8-11,13-14H,4-7H2,1-2H3,(H,26,30)(H,25,27,28)/t13-,14+. The Hall–Kier alpha value is -2.75. The molecule has 1 aliphatic carbocycles. The van der Waals surface area contributed by atoms with Crippen molar-refractivity contribution in [1.29, 1.82) is 0 Å². The molecule has 1 aliphatic rings. The number of anilines is 2. The van der Waals surface area contributed by atoms with Gasteiger partial charge in [-0.2, -0.15) is 4.98 Å². The van der Waals surface area contributed by atoms with E-state index >= 15 is 0 Å². The summed E-state index contributed by atoms with van der Waals surface area (Å²) in [6.45, 7) is 0. The normalized spacial score (nSPS) is 18.9. The van der Waals surface area contributed by atoms with E-state index in [9.17, 15) is 18.0 Å². The van der Waals surface area contributed by atoms with Gasteiger partial charge in [0, 0.05) is 37.9 Å². The average molecular weight is 458 g/mol. The number of rotatable bonds is 6. The molecule has 2 N–H and O–H groups in total. The summed E-state index contributed by atoms with van der Waals surface area (Å²) in [5.74, 6) is 0.440. The van der Waals surface area contributed by atoms with Gasteiger partial charge in [-0.15, -0.1) is 13.2 Å². The first-order chi connectivity index (χ1) is 14.6. The molecule has 0 atom stereocenters. The molecule has 0 spiro atoms. The maximum absolute atomic E-state index is 12.5. The lowest BCUT2D eigenvalue weighted by Gasteiger charge is -2.29. The summed E-state index contributed by atoms with van der Waals surface area (Å²) in [4.78, 5) is 23.1. The van der Waals surface area contributed by atoms with Gasteiger partial charge in [-0.3, -0.25) is 4.79 Å². The number of amides is 1. The van der Waals surface area contributed by atoms with Crippen molar-refractivity contribution in [1.82, 2.24) is 15.3 Å². The number of carbonyl (C=O) groups excluding carboxylic acids is 1. The molecule has 2 aromatic rings. The Labute approximate surface area is 183 Å². The molecular weight excluding hydrogens is 435 g/mol. The van der Waals surface area contributed by atoms with Crippen LogP contribution in [0.3, 0.4) is 0 Å². The van der Waals surface area contributed by atoms with Gasteiger partial charge in [0.15, 0.2) is 0 Å². The third kappa shape index (κ3) is 6.61. The highest BCUT2D eigenvalue weighted by Gasteiger charge is 2.32. The molecule has 3 rings (SSSR count). The summed E-state index contributed by atoms with van der Waals surface area (Å²) in [6.07, 6.45) is -0.00955. The Balaban J connectivity index is 1.51. The highest BCUT2D eigenvalue weighted by molar-refractivity contribution is 6.32. The number of carbonyl (C=O) groups is 1. The van der Waals surface area contributed by atoms with Crippen LogP contribution in [-0.2, 0) is 0 Å². The van der Waals surface area contributed by atoms with E-state index in [1.165, 1.54) is 12.1 Å². The summed E-state index contributed by atoms with van der Waals surface area (Å²) in [7, 11) is 3.81. The zero-order valence-corrected chi connectivity index (χ0v) is 17.8. The molecule has 0 aliphatic heterocycles. The van der Waals surface area contributed by atoms with Crippen LogP contribution in [0.15, 0.2) is 30.5 Å². The number of hydrogen-bond donors (Lipinski definition) is 2. The molecule has 1 heterocycles. The number of halogens is 4. The average Bonchev–Trinajstić information content (AvgIpc) is 2.70. The summed E-state index contributed by atoms with van der Waals surface area (Å²) < 4.78 is 40.8. The van der Waals surface area contributed by atoms with Crippen LogP contribution in [0.4, 0.5) is 24.9 Å². The first kappa shape index (κ1) is 22.9. The predicted molar refractivity (Wildman–Crippen MR) is 112 cm³/mol. The van der Waals surface area contributed by atoms with Crippen LogP contribution in [0.5, 0.6) is 5.75 Å². The van der Waals surface area contributed by atoms with Gasteiger partial charge in [0.2, 0.25) is 5.95 Å². The zero-order chi connectivity index (χ0) is 22.6. The molecule has 0 saturated heterocycles. The van der Waals surface area contributed by atoms with Gasteiger partial charge >= 0.3 is 6.36 Å². The number of aromatic nitrogens is 2. The lowest BCUT2D eigenvalue weighted by Crippen LogP contribution is -2.40. The topological polar surface area (TPSA) is 79.4 Å². The van der Waals surface area contributed by atoms with Crippen molar-refractivity contribution in [3.05, 3.63) is 41.0 Å². The highest BCUT2D eigenvalue weighted by atomic mass is 35.5. The van der Waals surface area contributed by atoms with Gasteiger partial charge in [-0.05, 0) is 49.9 Å². The maximum Gasteiger partial charge on any atom is 0.573 e. The summed E-state index contributed by atoms with van der Waals surface area (Å²) in [5.41, 5.74) is 0.175. The van der Waals surface area contributed by atoms with Crippen LogP contribution in [0.1, 0.15) is 36.0 Å². The van der Waals surface area contributed by atoms with Crippen LogP contribution >= 0.6 is 11.6 Å². The molecule has 11 heteroatoms. The van der Waals surface area contributed by atoms with Crippen LogP contribution < -0.4 is 20.3 Å². The predicted octanol–water partition coefficient (Wildman–Crippen LogP) is 4.25. The Kier molecular flexibility index (Phi) is 7.09. The molecule has 0 radical (unpaired) electrons. The molecule has 0 unspecified atom stereocenters. The molecule has 1 aromatic heterocycles. The van der Waals surface area contributed by atoms with Gasteiger partial charge in [-0.1, -0.05) is 11.6 Å². The fraction of sp³-hybridized carbons (Fsp3) is 0.450. The van der Waals surface area contributed by atoms with E-state index in [2.05, 4.69) is 25.3 Å². The third-order valence-corrected chi connectivity index (χ3v) is 5.21. The van der Waals surface area contributed by atoms with Crippen molar-refractivity contribution in [2.75, 3.05) is 24.3 Å². The van der Waals surface area contributed by atoms with Crippen LogP contribution in [0, 0.1) is 0 Å². The highest BCUT2D eigenvalue weighted by Crippen LogP contribution is 2.31. The van der Waals surface area contributed by atoms with Crippen molar-refractivity contribution < 1.29 is 22.7 Å². The van der Waals surface area contributed by atoms with Crippen LogP contribution in [-0.4, -0.2) is 48.4 Å². The SMILES string of the molecule is CN(C)c1ccnc(N[C@H]2CC[C@@H](NC(=O)c3ccc(OC(F)(F)F)c(Cl)c3)CC2)n1. The minimum absolute atomic E-state index is 0.0375. The number of ether oxygens (including phenoxy) is 1. The lowest BCUT2D eigenvalue weighted by molar-refractivity contribution is -0.274. The molecule has 0 bridgehead atoms. The lowest BCUT2D eigenvalue weighted by atomic mass is 9.91. The molecule has 1 amide bonds. The quantitative estimate of drug-likeness (QED) is 0.675. The summed E-state index contributed by atoms with van der Waals surface area (Å²) in [5, 5.41) is 5.96. The molecule has 1 saturated carbocycles. The third-order valence-electron chi connectivity index (χ3n) is 4.91. The Morgan fingerprint density at radius 3 is 2.45 bits per heavy atom. The smallest absolute Gasteiger partial charge is 0.404 e. The van der Waals surface area contributed by atoms with E-state index < -0.39 is 12.1 Å². The molecular formula is C20H23ClF3N5O2. The molecule has 7 nitrogen and oxygen atoms in total. The molecule has 168 valence electrons. The monoisotopic (exact) mass is 457 g/mol. The maximum atomic E-state index is 12.5. The van der Waals surface area contributed by atoms with Gasteiger partial charge in [0.05, 0.1) is 5.02 Å². The number of nitrogens with one attached hydrogen (secondary N) is 2. The Bertz CT molecular complexity index is 918. The minimum Gasteiger partial charge on any atom is -0.404 e. The van der Waals surface area contributed by atoms with E-state index in [4.69, 9.17) is 11.6 Å². The van der Waals surface area contributed by atoms with E-state index in [-0.39, 0.29) is 28.6 Å². The Morgan fingerprint density at radius 2 is 1.84 bits per heavy atom. The van der Waals surface area contributed by atoms with E-state index in [1.54, 1.807) is 6.20 Å². The first-order valence-electron chi connectivity index (χ1n) is 9.74. The molecule has 1 fully saturated rings. The number of alkyl halides is 3. The van der Waals surface area contributed by atoms with Crippen LogP contribution in [0.25, 0.3) is 0 Å². The van der Waals surface area contributed by atoms with Crippen molar-refractivity contribution in [3.63, 3.8) is 0 Å². The Morgan fingerprint density at radius 1 is 1.16 bits per heavy atom. The van der Waals surface area contributed by atoms with Crippen molar-refractivity contribution >= 4 is 29.3 Å². The second-order valence-electron chi connectivity index (χ2n) is 7.49. The van der Waals surface area contributed by atoms with E-state index in [0.717, 1.165) is 37.6 Å². The van der Waals surface area contributed by atoms with Gasteiger partial charge in [-0.25, -0.2) is 4.98 Å². The molecule has 1 aromatic carbocycles. The number of nitrogens with zero attached hydrogens (tertiary/aromatic N) is 3. The second-order valence-corrected chi connectivity index (χ2v) is 7.90. The van der Waals surface area contributed by atoms with Gasteiger partial charge in [0.25, 0.3) is 5.91 Å². The first-order valence-corrected chi connectivity index (χ1v) is 10.1. The number of hydrogen-bond acceptors (Lipinski definition) is 6. The number of benzene rings is 1. The fourth-order valence-electron chi connectivity index (χ4n) is 3.35. The van der Waals surface area contributed by atoms with E-state index in [1.807, 2.05) is 25.1 Å². The summed E-state index contributed by atoms with van der Waals surface area (Å²) in [6, 6.07) is 5.44. The van der Waals surface area contributed by atoms with Gasteiger partial charge in [0.1, 0.15) is 11.6 Å². The summed E-state index contributed by atoms with van der Waals surface area (Å²) >= 11 is 5.82. The fourth-order valence-corrected chi connectivity index (χ4v) is 3.57. The largest absolute Gasteiger partial charge is 0.573 e. The zero-order valence-electron chi connectivity index (χ0n) is 17.0.